The molecule has 2 aromatic rings. The fourth-order valence-electron chi connectivity index (χ4n) is 2.93. The Morgan fingerprint density at radius 1 is 1.19 bits per heavy atom. The van der Waals surface area contributed by atoms with Crippen LogP contribution in [0.2, 0.25) is 5.02 Å². The number of hydrogen-bond acceptors (Lipinski definition) is 5. The van der Waals surface area contributed by atoms with Crippen molar-refractivity contribution in [2.24, 2.45) is 0 Å². The third-order valence-electron chi connectivity index (χ3n) is 4.33. The third kappa shape index (κ3) is 5.47. The van der Waals surface area contributed by atoms with Gasteiger partial charge in [-0.25, -0.2) is 14.4 Å². The van der Waals surface area contributed by atoms with Crippen molar-refractivity contribution in [1.29, 1.82) is 0 Å². The Kier molecular flexibility index (Phi) is 6.34. The number of nitrogens with zero attached hydrogens (tertiary/aromatic N) is 3. The average Bonchev–Trinajstić information content (AvgIpc) is 2.68. The number of piperidine rings is 1. The van der Waals surface area contributed by atoms with Crippen molar-refractivity contribution >= 4 is 23.3 Å². The van der Waals surface area contributed by atoms with Crippen LogP contribution < -0.4 is 4.74 Å². The molecule has 8 heteroatoms. The van der Waals surface area contributed by atoms with Crippen LogP contribution in [0.4, 0.5) is 4.39 Å². The first-order valence-corrected chi connectivity index (χ1v) is 9.10. The first-order chi connectivity index (χ1) is 13.0. The van der Waals surface area contributed by atoms with Gasteiger partial charge in [0.15, 0.2) is 11.6 Å². The lowest BCUT2D eigenvalue weighted by Crippen LogP contribution is -2.44. The molecule has 0 bridgehead atoms. The van der Waals surface area contributed by atoms with Crippen molar-refractivity contribution in [3.8, 4) is 6.01 Å². The average molecular weight is 392 g/mol. The Morgan fingerprint density at radius 3 is 2.59 bits per heavy atom. The summed E-state index contributed by atoms with van der Waals surface area (Å²) in [7, 11) is 0. The fraction of sp³-hybridized carbons (Fsp3) is 0.368. The number of carbonyl (C=O) groups excluding carboxylic acids is 2. The summed E-state index contributed by atoms with van der Waals surface area (Å²) in [5.41, 5.74) is 0.542. The molecule has 1 amide bonds. The fourth-order valence-corrected chi connectivity index (χ4v) is 3.06. The zero-order chi connectivity index (χ0) is 19.2. The molecule has 1 aliphatic heterocycles. The number of aromatic nitrogens is 2. The molecule has 0 spiro atoms. The van der Waals surface area contributed by atoms with E-state index in [1.165, 1.54) is 0 Å². The predicted octanol–water partition coefficient (Wildman–Crippen LogP) is 3.30. The van der Waals surface area contributed by atoms with Crippen molar-refractivity contribution in [2.45, 2.75) is 31.8 Å². The highest BCUT2D eigenvalue weighted by Gasteiger charge is 2.25. The van der Waals surface area contributed by atoms with Crippen LogP contribution in [0, 0.1) is 5.82 Å². The third-order valence-corrected chi connectivity index (χ3v) is 4.58. The topological polar surface area (TPSA) is 72.4 Å². The summed E-state index contributed by atoms with van der Waals surface area (Å²) >= 11 is 5.81. The lowest BCUT2D eigenvalue weighted by atomic mass is 10.0. The molecule has 142 valence electrons. The lowest BCUT2D eigenvalue weighted by molar-refractivity contribution is -0.133. The number of rotatable bonds is 6. The van der Waals surface area contributed by atoms with Gasteiger partial charge >= 0.3 is 6.01 Å². The molecule has 3 rings (SSSR count). The second-order valence-electron chi connectivity index (χ2n) is 6.34. The number of halogens is 2. The largest absolute Gasteiger partial charge is 0.458 e. The summed E-state index contributed by atoms with van der Waals surface area (Å²) in [6.45, 7) is 1.02. The van der Waals surface area contributed by atoms with Crippen LogP contribution in [0.15, 0.2) is 36.7 Å². The van der Waals surface area contributed by atoms with E-state index in [1.54, 1.807) is 29.2 Å². The Labute approximate surface area is 161 Å². The Hall–Kier alpha value is -2.54. The zero-order valence-corrected chi connectivity index (χ0v) is 15.4. The Bertz CT molecular complexity index is 799. The zero-order valence-electron chi connectivity index (χ0n) is 14.6. The first kappa shape index (κ1) is 19.2. The Morgan fingerprint density at radius 2 is 1.89 bits per heavy atom. The minimum Gasteiger partial charge on any atom is -0.458 e. The SMILES string of the molecule is O=C(CCC(=O)N1CCC[C@@H](Oc2ncc(F)cn2)C1)c1ccc(Cl)cc1. The molecule has 0 aliphatic carbocycles. The van der Waals surface area contributed by atoms with Gasteiger partial charge in [0.1, 0.15) is 6.10 Å². The van der Waals surface area contributed by atoms with E-state index in [9.17, 15) is 14.0 Å². The maximum atomic E-state index is 12.9. The molecular formula is C19H19ClFN3O3. The van der Waals surface area contributed by atoms with Crippen molar-refractivity contribution in [3.05, 3.63) is 53.1 Å². The lowest BCUT2D eigenvalue weighted by Gasteiger charge is -2.32. The summed E-state index contributed by atoms with van der Waals surface area (Å²) < 4.78 is 18.5. The molecule has 0 saturated carbocycles. The van der Waals surface area contributed by atoms with Crippen LogP contribution in [0.25, 0.3) is 0 Å². The minimum absolute atomic E-state index is 0.0913. The smallest absolute Gasteiger partial charge is 0.316 e. The molecule has 1 fully saturated rings. The molecule has 1 aromatic carbocycles. The molecule has 2 heterocycles. The molecule has 0 unspecified atom stereocenters. The van der Waals surface area contributed by atoms with Gasteiger partial charge in [-0.05, 0) is 37.1 Å². The maximum Gasteiger partial charge on any atom is 0.316 e. The Balaban J connectivity index is 1.49. The summed E-state index contributed by atoms with van der Waals surface area (Å²) in [5.74, 6) is -0.719. The van der Waals surface area contributed by atoms with E-state index in [0.29, 0.717) is 23.7 Å². The highest BCUT2D eigenvalue weighted by atomic mass is 35.5. The number of ketones is 1. The number of hydrogen-bond donors (Lipinski definition) is 0. The van der Waals surface area contributed by atoms with Crippen LogP contribution in [0.5, 0.6) is 6.01 Å². The second kappa shape index (κ2) is 8.90. The summed E-state index contributed by atoms with van der Waals surface area (Å²) in [6, 6.07) is 6.71. The molecule has 0 N–H and O–H groups in total. The van der Waals surface area contributed by atoms with E-state index in [0.717, 1.165) is 25.2 Å². The molecule has 1 atom stereocenters. The number of benzene rings is 1. The van der Waals surface area contributed by atoms with Gasteiger partial charge in [-0.3, -0.25) is 9.59 Å². The standard InChI is InChI=1S/C19H19ClFN3O3/c20-14-5-3-13(4-6-14)17(25)7-8-18(26)24-9-1-2-16(12-24)27-19-22-10-15(21)11-23-19/h3-6,10-11,16H,1-2,7-9,12H2/t16-/m1/s1. The van der Waals surface area contributed by atoms with Gasteiger partial charge in [0.2, 0.25) is 5.91 Å². The highest BCUT2D eigenvalue weighted by molar-refractivity contribution is 6.30. The van der Waals surface area contributed by atoms with E-state index in [-0.39, 0.29) is 36.6 Å². The van der Waals surface area contributed by atoms with E-state index in [4.69, 9.17) is 16.3 Å². The van der Waals surface area contributed by atoms with Gasteiger partial charge in [-0.2, -0.15) is 0 Å². The van der Waals surface area contributed by atoms with E-state index >= 15 is 0 Å². The molecule has 27 heavy (non-hydrogen) atoms. The molecule has 1 saturated heterocycles. The van der Waals surface area contributed by atoms with Crippen molar-refractivity contribution in [2.75, 3.05) is 13.1 Å². The highest BCUT2D eigenvalue weighted by Crippen LogP contribution is 2.17. The van der Waals surface area contributed by atoms with Gasteiger partial charge in [0.05, 0.1) is 18.9 Å². The number of carbonyl (C=O) groups is 2. The first-order valence-electron chi connectivity index (χ1n) is 8.72. The molecule has 1 aliphatic rings. The maximum absolute atomic E-state index is 12.9. The van der Waals surface area contributed by atoms with Gasteiger partial charge in [-0.1, -0.05) is 11.6 Å². The van der Waals surface area contributed by atoms with E-state index < -0.39 is 5.82 Å². The monoisotopic (exact) mass is 391 g/mol. The normalized spacial score (nSPS) is 16.8. The summed E-state index contributed by atoms with van der Waals surface area (Å²) in [5, 5.41) is 0.562. The summed E-state index contributed by atoms with van der Waals surface area (Å²) in [4.78, 5) is 33.9. The number of Topliss-reactive ketones (excluding diaryl/α,β-unsaturated/α-hetero) is 1. The van der Waals surface area contributed by atoms with Crippen LogP contribution in [0.3, 0.4) is 0 Å². The predicted molar refractivity (Wildman–Crippen MR) is 97.2 cm³/mol. The van der Waals surface area contributed by atoms with Gasteiger partial charge in [0, 0.05) is 30.0 Å². The van der Waals surface area contributed by atoms with Crippen molar-refractivity contribution in [3.63, 3.8) is 0 Å². The minimum atomic E-state index is -0.534. The van der Waals surface area contributed by atoms with E-state index in [1.807, 2.05) is 0 Å². The van der Waals surface area contributed by atoms with Crippen LogP contribution in [-0.4, -0.2) is 45.8 Å². The second-order valence-corrected chi connectivity index (χ2v) is 6.77. The number of likely N-dealkylation sites (tertiary alicyclic amines) is 1. The van der Waals surface area contributed by atoms with Crippen LogP contribution >= 0.6 is 11.6 Å². The van der Waals surface area contributed by atoms with Crippen LogP contribution in [-0.2, 0) is 4.79 Å². The van der Waals surface area contributed by atoms with Gasteiger partial charge < -0.3 is 9.64 Å². The van der Waals surface area contributed by atoms with Crippen molar-refractivity contribution in [1.82, 2.24) is 14.9 Å². The number of amides is 1. The molecular weight excluding hydrogens is 373 g/mol. The van der Waals surface area contributed by atoms with Gasteiger partial charge in [-0.15, -0.1) is 0 Å². The van der Waals surface area contributed by atoms with E-state index in [2.05, 4.69) is 9.97 Å². The molecule has 0 radical (unpaired) electrons. The quantitative estimate of drug-likeness (QED) is 0.706. The van der Waals surface area contributed by atoms with Crippen LogP contribution in [0.1, 0.15) is 36.0 Å². The molecule has 1 aromatic heterocycles. The van der Waals surface area contributed by atoms with Gasteiger partial charge in [0.25, 0.3) is 0 Å². The molecule has 6 nitrogen and oxygen atoms in total. The number of ether oxygens (including phenoxy) is 1. The summed E-state index contributed by atoms with van der Waals surface area (Å²) in [6.07, 6.45) is 3.65. The van der Waals surface area contributed by atoms with Crippen molar-refractivity contribution < 1.29 is 18.7 Å².